The van der Waals surface area contributed by atoms with Crippen molar-refractivity contribution in [2.45, 2.75) is 13.5 Å². The Morgan fingerprint density at radius 2 is 1.70 bits per heavy atom. The van der Waals surface area contributed by atoms with Crippen LogP contribution in [-0.4, -0.2) is 42.7 Å². The van der Waals surface area contributed by atoms with Gasteiger partial charge in [0.2, 0.25) is 5.89 Å². The Morgan fingerprint density at radius 1 is 0.963 bits per heavy atom. The van der Waals surface area contributed by atoms with Crippen LogP contribution in [0.4, 0.5) is 5.69 Å². The van der Waals surface area contributed by atoms with Gasteiger partial charge in [0.25, 0.3) is 0 Å². The van der Waals surface area contributed by atoms with Gasteiger partial charge in [-0.1, -0.05) is 30.3 Å². The Kier molecular flexibility index (Phi) is 5.39. The predicted octanol–water partition coefficient (Wildman–Crippen LogP) is 4.06. The van der Waals surface area contributed by atoms with E-state index in [1.165, 1.54) is 5.69 Å². The van der Waals surface area contributed by atoms with Crippen molar-refractivity contribution in [2.75, 3.05) is 37.7 Å². The molecule has 1 aliphatic heterocycles. The fourth-order valence-electron chi connectivity index (χ4n) is 3.46. The summed E-state index contributed by atoms with van der Waals surface area (Å²) in [5, 5.41) is 0. The van der Waals surface area contributed by atoms with Gasteiger partial charge < -0.3 is 14.1 Å². The van der Waals surface area contributed by atoms with Crippen molar-refractivity contribution < 1.29 is 9.15 Å². The van der Waals surface area contributed by atoms with Crippen LogP contribution in [0.2, 0.25) is 0 Å². The zero-order valence-corrected chi connectivity index (χ0v) is 15.7. The van der Waals surface area contributed by atoms with Gasteiger partial charge >= 0.3 is 0 Å². The maximum atomic E-state index is 5.74. The number of benzene rings is 2. The molecule has 5 heteroatoms. The third-order valence-corrected chi connectivity index (χ3v) is 4.85. The molecule has 0 atom stereocenters. The number of hydrogen-bond donors (Lipinski definition) is 0. The summed E-state index contributed by atoms with van der Waals surface area (Å²) in [5.74, 6) is 1.43. The molecule has 0 bridgehead atoms. The molecule has 0 spiro atoms. The summed E-state index contributed by atoms with van der Waals surface area (Å²) in [5.41, 5.74) is 3.16. The summed E-state index contributed by atoms with van der Waals surface area (Å²) >= 11 is 0. The molecule has 0 amide bonds. The van der Waals surface area contributed by atoms with Crippen LogP contribution < -0.4 is 9.64 Å². The highest BCUT2D eigenvalue weighted by Crippen LogP contribution is 2.29. The second kappa shape index (κ2) is 8.27. The lowest BCUT2D eigenvalue weighted by molar-refractivity contribution is 0.247. The Labute approximate surface area is 160 Å². The summed E-state index contributed by atoms with van der Waals surface area (Å²) in [6.07, 6.45) is 1.77. The van der Waals surface area contributed by atoms with Gasteiger partial charge in [-0.05, 0) is 31.2 Å². The molecule has 4 rings (SSSR count). The van der Waals surface area contributed by atoms with E-state index in [1.54, 1.807) is 6.26 Å². The van der Waals surface area contributed by atoms with E-state index in [4.69, 9.17) is 14.1 Å². The molecule has 1 aromatic heterocycles. The summed E-state index contributed by atoms with van der Waals surface area (Å²) < 4.78 is 11.4. The standard InChI is InChI=1S/C22H25N3O2/c1-2-26-21-11-7-6-10-20(21)22-23-18(17-27-22)16-24-12-14-25(15-13-24)19-8-4-3-5-9-19/h3-11,17H,2,12-16H2,1H3. The van der Waals surface area contributed by atoms with Crippen molar-refractivity contribution in [1.29, 1.82) is 0 Å². The zero-order chi connectivity index (χ0) is 18.5. The number of hydrogen-bond acceptors (Lipinski definition) is 5. The lowest BCUT2D eigenvalue weighted by atomic mass is 10.2. The van der Waals surface area contributed by atoms with Gasteiger partial charge in [-0.2, -0.15) is 0 Å². The Morgan fingerprint density at radius 3 is 2.48 bits per heavy atom. The normalized spacial score (nSPS) is 15.1. The fraction of sp³-hybridized carbons (Fsp3) is 0.318. The molecule has 27 heavy (non-hydrogen) atoms. The first-order valence-electron chi connectivity index (χ1n) is 9.52. The van der Waals surface area contributed by atoms with E-state index in [0.717, 1.165) is 49.7 Å². The average molecular weight is 363 g/mol. The summed E-state index contributed by atoms with van der Waals surface area (Å²) in [4.78, 5) is 9.55. The van der Waals surface area contributed by atoms with E-state index in [9.17, 15) is 0 Å². The highest BCUT2D eigenvalue weighted by Gasteiger charge is 2.19. The molecule has 0 radical (unpaired) electrons. The van der Waals surface area contributed by atoms with Gasteiger partial charge in [-0.15, -0.1) is 0 Å². The molecule has 0 aliphatic carbocycles. The summed E-state index contributed by atoms with van der Waals surface area (Å²) in [6.45, 7) is 7.51. The molecule has 1 aliphatic rings. The molecule has 5 nitrogen and oxygen atoms in total. The minimum atomic E-state index is 0.621. The molecule has 140 valence electrons. The maximum Gasteiger partial charge on any atom is 0.229 e. The topological polar surface area (TPSA) is 41.7 Å². The smallest absolute Gasteiger partial charge is 0.229 e. The van der Waals surface area contributed by atoms with E-state index in [2.05, 4.69) is 40.1 Å². The first-order valence-corrected chi connectivity index (χ1v) is 9.52. The number of piperazine rings is 1. The molecule has 2 heterocycles. The van der Waals surface area contributed by atoms with Gasteiger partial charge in [0.05, 0.1) is 17.9 Å². The van der Waals surface area contributed by atoms with Crippen molar-refractivity contribution in [2.24, 2.45) is 0 Å². The van der Waals surface area contributed by atoms with Crippen LogP contribution in [-0.2, 0) is 6.54 Å². The van der Waals surface area contributed by atoms with Crippen LogP contribution in [0, 0.1) is 0 Å². The van der Waals surface area contributed by atoms with Gasteiger partial charge in [0.15, 0.2) is 0 Å². The maximum absolute atomic E-state index is 5.74. The number of nitrogens with zero attached hydrogens (tertiary/aromatic N) is 3. The number of aromatic nitrogens is 1. The first kappa shape index (κ1) is 17.6. The number of anilines is 1. The number of ether oxygens (including phenoxy) is 1. The van der Waals surface area contributed by atoms with Crippen LogP contribution in [0.5, 0.6) is 5.75 Å². The Balaban J connectivity index is 1.38. The largest absolute Gasteiger partial charge is 0.493 e. The predicted molar refractivity (Wildman–Crippen MR) is 107 cm³/mol. The van der Waals surface area contributed by atoms with E-state index in [1.807, 2.05) is 31.2 Å². The van der Waals surface area contributed by atoms with E-state index in [0.29, 0.717) is 12.5 Å². The van der Waals surface area contributed by atoms with Crippen LogP contribution >= 0.6 is 0 Å². The molecule has 1 saturated heterocycles. The molecule has 3 aromatic rings. The quantitative estimate of drug-likeness (QED) is 0.661. The van der Waals surface area contributed by atoms with Crippen LogP contribution in [0.15, 0.2) is 65.3 Å². The van der Waals surface area contributed by atoms with E-state index in [-0.39, 0.29) is 0 Å². The molecule has 1 fully saturated rings. The molecule has 0 N–H and O–H groups in total. The molecular formula is C22H25N3O2. The second-order valence-electron chi connectivity index (χ2n) is 6.67. The number of para-hydroxylation sites is 2. The zero-order valence-electron chi connectivity index (χ0n) is 15.7. The lowest BCUT2D eigenvalue weighted by Gasteiger charge is -2.35. The van der Waals surface area contributed by atoms with Crippen molar-refractivity contribution in [1.82, 2.24) is 9.88 Å². The Bertz CT molecular complexity index is 855. The number of rotatable bonds is 6. The number of oxazole rings is 1. The average Bonchev–Trinajstić information content (AvgIpc) is 3.18. The third-order valence-electron chi connectivity index (χ3n) is 4.85. The minimum absolute atomic E-state index is 0.621. The highest BCUT2D eigenvalue weighted by atomic mass is 16.5. The minimum Gasteiger partial charge on any atom is -0.493 e. The molecule has 0 saturated carbocycles. The SMILES string of the molecule is CCOc1ccccc1-c1nc(CN2CCN(c3ccccc3)CC2)co1. The lowest BCUT2D eigenvalue weighted by Crippen LogP contribution is -2.46. The van der Waals surface area contributed by atoms with Crippen LogP contribution in [0.25, 0.3) is 11.5 Å². The third kappa shape index (κ3) is 4.14. The first-order chi connectivity index (χ1) is 13.3. The van der Waals surface area contributed by atoms with Crippen LogP contribution in [0.1, 0.15) is 12.6 Å². The van der Waals surface area contributed by atoms with E-state index >= 15 is 0 Å². The van der Waals surface area contributed by atoms with Crippen molar-refractivity contribution in [3.05, 3.63) is 66.6 Å². The van der Waals surface area contributed by atoms with Crippen molar-refractivity contribution in [3.8, 4) is 17.2 Å². The molecule has 2 aromatic carbocycles. The van der Waals surface area contributed by atoms with Crippen molar-refractivity contribution >= 4 is 5.69 Å². The van der Waals surface area contributed by atoms with Crippen LogP contribution in [0.3, 0.4) is 0 Å². The second-order valence-corrected chi connectivity index (χ2v) is 6.67. The van der Waals surface area contributed by atoms with Crippen molar-refractivity contribution in [3.63, 3.8) is 0 Å². The fourth-order valence-corrected chi connectivity index (χ4v) is 3.46. The van der Waals surface area contributed by atoms with Gasteiger partial charge in [-0.25, -0.2) is 4.98 Å². The van der Waals surface area contributed by atoms with Gasteiger partial charge in [0.1, 0.15) is 12.0 Å². The van der Waals surface area contributed by atoms with E-state index < -0.39 is 0 Å². The molecule has 0 unspecified atom stereocenters. The monoisotopic (exact) mass is 363 g/mol. The highest BCUT2D eigenvalue weighted by molar-refractivity contribution is 5.62. The molecular weight excluding hydrogens is 338 g/mol. The Hall–Kier alpha value is -2.79. The summed E-state index contributed by atoms with van der Waals surface area (Å²) in [7, 11) is 0. The van der Waals surface area contributed by atoms with Gasteiger partial charge in [-0.3, -0.25) is 4.90 Å². The van der Waals surface area contributed by atoms with Gasteiger partial charge in [0, 0.05) is 38.4 Å². The summed E-state index contributed by atoms with van der Waals surface area (Å²) in [6, 6.07) is 18.5.